The minimum Gasteiger partial charge on any atom is -0.481 e. The van der Waals surface area contributed by atoms with Crippen LogP contribution in [-0.2, 0) is 25.8 Å². The summed E-state index contributed by atoms with van der Waals surface area (Å²) in [5.74, 6) is -1.44. The van der Waals surface area contributed by atoms with E-state index in [2.05, 4.69) is 77.9 Å². The minimum atomic E-state index is -0.721. The van der Waals surface area contributed by atoms with Crippen molar-refractivity contribution in [3.8, 4) is 11.1 Å². The fourth-order valence-electron chi connectivity index (χ4n) is 6.99. The maximum atomic E-state index is 11.2. The molecular formula is C37H54O4. The standard InChI is InChI=1S/C37H54O4/c1-7-35(5,8-2)27-19-21-29-30-22-20-28(36(6,9-3)10-4)26-32(30)37(31(29)25-27,23-15-11-13-17-33(38)39)24-16-12-14-18-34(40)41/h19-22,25-26H,7-18,23-24H2,1-6H3,(H,38,39)(H,40,41). The van der Waals surface area contributed by atoms with Crippen LogP contribution >= 0.6 is 0 Å². The van der Waals surface area contributed by atoms with Gasteiger partial charge in [0.25, 0.3) is 0 Å². The Morgan fingerprint density at radius 1 is 0.610 bits per heavy atom. The maximum Gasteiger partial charge on any atom is 0.303 e. The Morgan fingerprint density at radius 3 is 1.29 bits per heavy atom. The summed E-state index contributed by atoms with van der Waals surface area (Å²) in [6, 6.07) is 14.4. The zero-order chi connectivity index (χ0) is 30.3. The molecule has 3 rings (SSSR count). The van der Waals surface area contributed by atoms with Gasteiger partial charge in [-0.2, -0.15) is 0 Å². The Hall–Kier alpha value is -2.62. The van der Waals surface area contributed by atoms with E-state index in [4.69, 9.17) is 0 Å². The lowest BCUT2D eigenvalue weighted by Crippen LogP contribution is -2.28. The molecule has 4 nitrogen and oxygen atoms in total. The summed E-state index contributed by atoms with van der Waals surface area (Å²) in [6.45, 7) is 13.9. The van der Waals surface area contributed by atoms with Crippen LogP contribution in [0, 0.1) is 0 Å². The first-order valence-corrected chi connectivity index (χ1v) is 16.2. The highest BCUT2D eigenvalue weighted by Crippen LogP contribution is 2.56. The Balaban J connectivity index is 2.16. The molecule has 2 aromatic rings. The molecule has 0 heterocycles. The zero-order valence-corrected chi connectivity index (χ0v) is 26.6. The highest BCUT2D eigenvalue weighted by atomic mass is 16.4. The van der Waals surface area contributed by atoms with Crippen molar-refractivity contribution in [2.75, 3.05) is 0 Å². The number of hydrogen-bond donors (Lipinski definition) is 2. The topological polar surface area (TPSA) is 74.6 Å². The van der Waals surface area contributed by atoms with Crippen LogP contribution in [0.25, 0.3) is 11.1 Å². The van der Waals surface area contributed by atoms with Gasteiger partial charge in [-0.05, 0) is 95.6 Å². The summed E-state index contributed by atoms with van der Waals surface area (Å²) in [5, 5.41) is 18.4. The van der Waals surface area contributed by atoms with Gasteiger partial charge in [-0.25, -0.2) is 0 Å². The number of rotatable bonds is 18. The summed E-state index contributed by atoms with van der Waals surface area (Å²) >= 11 is 0. The van der Waals surface area contributed by atoms with Gasteiger partial charge >= 0.3 is 11.9 Å². The summed E-state index contributed by atoms with van der Waals surface area (Å²) in [6.07, 6.45) is 11.9. The highest BCUT2D eigenvalue weighted by Gasteiger charge is 2.44. The molecule has 0 aromatic heterocycles. The van der Waals surface area contributed by atoms with Crippen molar-refractivity contribution >= 4 is 11.9 Å². The molecule has 0 bridgehead atoms. The number of hydrogen-bond acceptors (Lipinski definition) is 2. The van der Waals surface area contributed by atoms with Crippen LogP contribution in [0.15, 0.2) is 36.4 Å². The molecule has 41 heavy (non-hydrogen) atoms. The van der Waals surface area contributed by atoms with E-state index in [0.29, 0.717) is 12.8 Å². The van der Waals surface area contributed by atoms with E-state index >= 15 is 0 Å². The molecule has 0 radical (unpaired) electrons. The molecule has 0 saturated heterocycles. The lowest BCUT2D eigenvalue weighted by Gasteiger charge is -2.36. The van der Waals surface area contributed by atoms with E-state index in [-0.39, 0.29) is 29.1 Å². The molecule has 0 fully saturated rings. The molecule has 0 aliphatic heterocycles. The predicted molar refractivity (Wildman–Crippen MR) is 170 cm³/mol. The van der Waals surface area contributed by atoms with Gasteiger partial charge in [0.2, 0.25) is 0 Å². The number of carboxylic acids is 2. The number of fused-ring (bicyclic) bond motifs is 3. The first-order valence-electron chi connectivity index (χ1n) is 16.2. The van der Waals surface area contributed by atoms with Gasteiger partial charge < -0.3 is 10.2 Å². The van der Waals surface area contributed by atoms with E-state index in [0.717, 1.165) is 64.2 Å². The SMILES string of the molecule is CCC(C)(CC)c1ccc2c(c1)C(CCCCCC(=O)O)(CCCCCC(=O)O)c1cc(C(C)(CC)CC)ccc1-2. The van der Waals surface area contributed by atoms with Crippen LogP contribution in [0.2, 0.25) is 0 Å². The van der Waals surface area contributed by atoms with E-state index in [1.165, 1.54) is 33.4 Å². The van der Waals surface area contributed by atoms with Crippen molar-refractivity contribution in [1.82, 2.24) is 0 Å². The van der Waals surface area contributed by atoms with Crippen molar-refractivity contribution in [1.29, 1.82) is 0 Å². The molecule has 1 aliphatic carbocycles. The van der Waals surface area contributed by atoms with E-state index in [9.17, 15) is 19.8 Å². The third-order valence-electron chi connectivity index (χ3n) is 10.9. The van der Waals surface area contributed by atoms with Crippen LogP contribution < -0.4 is 0 Å². The van der Waals surface area contributed by atoms with Crippen molar-refractivity contribution in [2.24, 2.45) is 0 Å². The molecule has 226 valence electrons. The molecule has 0 atom stereocenters. The van der Waals surface area contributed by atoms with Crippen molar-refractivity contribution in [3.63, 3.8) is 0 Å². The van der Waals surface area contributed by atoms with Gasteiger partial charge in [-0.1, -0.05) is 104 Å². The van der Waals surface area contributed by atoms with Gasteiger partial charge in [-0.15, -0.1) is 0 Å². The van der Waals surface area contributed by atoms with Gasteiger partial charge in [0.15, 0.2) is 0 Å². The second-order valence-corrected chi connectivity index (χ2v) is 13.0. The highest BCUT2D eigenvalue weighted by molar-refractivity contribution is 5.82. The van der Waals surface area contributed by atoms with Crippen LogP contribution in [-0.4, -0.2) is 22.2 Å². The second-order valence-electron chi connectivity index (χ2n) is 13.0. The Kier molecular flexibility index (Phi) is 11.3. The molecule has 0 unspecified atom stereocenters. The molecular weight excluding hydrogens is 508 g/mol. The summed E-state index contributed by atoms with van der Waals surface area (Å²) in [5.41, 5.74) is 8.45. The summed E-state index contributed by atoms with van der Waals surface area (Å²) in [4.78, 5) is 22.4. The fraction of sp³-hybridized carbons (Fsp3) is 0.622. The quantitative estimate of drug-likeness (QED) is 0.177. The molecule has 0 saturated carbocycles. The van der Waals surface area contributed by atoms with Crippen LogP contribution in [0.4, 0.5) is 0 Å². The molecule has 2 N–H and O–H groups in total. The van der Waals surface area contributed by atoms with E-state index in [1.54, 1.807) is 0 Å². The van der Waals surface area contributed by atoms with Crippen LogP contribution in [0.5, 0.6) is 0 Å². The third-order valence-corrected chi connectivity index (χ3v) is 10.9. The smallest absolute Gasteiger partial charge is 0.303 e. The normalized spacial score (nSPS) is 14.1. The zero-order valence-electron chi connectivity index (χ0n) is 26.6. The average Bonchev–Trinajstić information content (AvgIpc) is 3.24. The first-order chi connectivity index (χ1) is 19.5. The predicted octanol–water partition coefficient (Wildman–Crippen LogP) is 10.2. The third kappa shape index (κ3) is 7.07. The van der Waals surface area contributed by atoms with Crippen LogP contribution in [0.3, 0.4) is 0 Å². The molecule has 1 aliphatic rings. The monoisotopic (exact) mass is 562 g/mol. The summed E-state index contributed by atoms with van der Waals surface area (Å²) in [7, 11) is 0. The van der Waals surface area contributed by atoms with E-state index in [1.807, 2.05) is 0 Å². The summed E-state index contributed by atoms with van der Waals surface area (Å²) < 4.78 is 0. The van der Waals surface area contributed by atoms with Crippen LogP contribution in [0.1, 0.15) is 154 Å². The number of carboxylic acid groups (broad SMARTS) is 2. The average molecular weight is 563 g/mol. The lowest BCUT2D eigenvalue weighted by molar-refractivity contribution is -0.138. The Morgan fingerprint density at radius 2 is 0.976 bits per heavy atom. The second kappa shape index (κ2) is 14.0. The van der Waals surface area contributed by atoms with Gasteiger partial charge in [0.05, 0.1) is 0 Å². The molecule has 2 aromatic carbocycles. The number of aliphatic carboxylic acids is 2. The van der Waals surface area contributed by atoms with Crippen molar-refractivity contribution in [2.45, 2.75) is 148 Å². The van der Waals surface area contributed by atoms with Crippen molar-refractivity contribution < 1.29 is 19.8 Å². The lowest BCUT2D eigenvalue weighted by atomic mass is 9.68. The largest absolute Gasteiger partial charge is 0.481 e. The Labute approximate surface area is 249 Å². The van der Waals surface area contributed by atoms with Gasteiger partial charge in [0, 0.05) is 18.3 Å². The van der Waals surface area contributed by atoms with Gasteiger partial charge in [0.1, 0.15) is 0 Å². The minimum absolute atomic E-state index is 0.118. The fourth-order valence-corrected chi connectivity index (χ4v) is 6.99. The number of unbranched alkanes of at least 4 members (excludes halogenated alkanes) is 4. The van der Waals surface area contributed by atoms with E-state index < -0.39 is 11.9 Å². The maximum absolute atomic E-state index is 11.2. The molecule has 4 heteroatoms. The number of benzene rings is 2. The van der Waals surface area contributed by atoms with Gasteiger partial charge in [-0.3, -0.25) is 9.59 Å². The Bertz CT molecular complexity index is 1090. The van der Waals surface area contributed by atoms with Crippen molar-refractivity contribution in [3.05, 3.63) is 58.7 Å². The molecule has 0 spiro atoms. The molecule has 0 amide bonds. The number of carbonyl (C=O) groups is 2. The first kappa shape index (κ1) is 32.9.